The number of aromatic amines is 1. The van der Waals surface area contributed by atoms with Crippen molar-refractivity contribution in [1.29, 1.82) is 0 Å². The first-order chi connectivity index (χ1) is 18.1. The third kappa shape index (κ3) is 7.21. The van der Waals surface area contributed by atoms with Crippen molar-refractivity contribution in [1.82, 2.24) is 15.3 Å². The van der Waals surface area contributed by atoms with Crippen molar-refractivity contribution < 1.29 is 23.9 Å². The predicted octanol–water partition coefficient (Wildman–Crippen LogP) is 5.29. The molecule has 1 atom stereocenters. The van der Waals surface area contributed by atoms with Gasteiger partial charge < -0.3 is 19.8 Å². The molecule has 0 radical (unpaired) electrons. The fourth-order valence-electron chi connectivity index (χ4n) is 5.04. The molecule has 0 bridgehead atoms. The summed E-state index contributed by atoms with van der Waals surface area (Å²) in [5.41, 5.74) is 2.44. The number of ether oxygens (including phenoxy) is 2. The van der Waals surface area contributed by atoms with Crippen LogP contribution in [0.15, 0.2) is 48.5 Å². The maximum Gasteiger partial charge on any atom is 0.337 e. The van der Waals surface area contributed by atoms with Crippen LogP contribution >= 0.6 is 0 Å². The van der Waals surface area contributed by atoms with E-state index in [1.807, 2.05) is 51.1 Å². The highest BCUT2D eigenvalue weighted by Crippen LogP contribution is 2.32. The summed E-state index contributed by atoms with van der Waals surface area (Å²) in [5.74, 6) is 0.176. The van der Waals surface area contributed by atoms with E-state index in [1.54, 1.807) is 18.2 Å². The smallest absolute Gasteiger partial charge is 0.337 e. The second-order valence-corrected chi connectivity index (χ2v) is 11.1. The Hall–Kier alpha value is -3.68. The molecule has 0 aliphatic heterocycles. The maximum absolute atomic E-state index is 13.4. The van der Waals surface area contributed by atoms with Gasteiger partial charge in [-0.05, 0) is 82.6 Å². The normalized spacial score (nSPS) is 18.5. The molecule has 0 spiro atoms. The molecule has 1 aromatic heterocycles. The zero-order valence-electron chi connectivity index (χ0n) is 22.6. The number of amides is 1. The first-order valence-corrected chi connectivity index (χ1v) is 13.3. The van der Waals surface area contributed by atoms with E-state index in [2.05, 4.69) is 10.3 Å². The second kappa shape index (κ2) is 11.8. The molecule has 3 aromatic rings. The molecule has 1 fully saturated rings. The molecule has 1 heterocycles. The number of nitrogens with one attached hydrogen (secondary N) is 2. The van der Waals surface area contributed by atoms with Crippen molar-refractivity contribution in [3.8, 4) is 0 Å². The molecule has 1 aliphatic rings. The third-order valence-corrected chi connectivity index (χ3v) is 6.94. The lowest BCUT2D eigenvalue weighted by Gasteiger charge is -2.29. The van der Waals surface area contributed by atoms with Crippen LogP contribution in [0, 0.1) is 11.8 Å². The average Bonchev–Trinajstić information content (AvgIpc) is 3.31. The van der Waals surface area contributed by atoms with E-state index in [4.69, 9.17) is 14.5 Å². The summed E-state index contributed by atoms with van der Waals surface area (Å²) in [6.45, 7) is 5.62. The Morgan fingerprint density at radius 3 is 2.42 bits per heavy atom. The highest BCUT2D eigenvalue weighted by molar-refractivity contribution is 5.93. The highest BCUT2D eigenvalue weighted by Gasteiger charge is 2.30. The molecule has 8 heteroatoms. The molecular formula is C30H37N3O5. The molecule has 8 nitrogen and oxygen atoms in total. The largest absolute Gasteiger partial charge is 0.465 e. The monoisotopic (exact) mass is 519 g/mol. The Balaban J connectivity index is 1.45. The summed E-state index contributed by atoms with van der Waals surface area (Å²) in [4.78, 5) is 45.6. The number of esters is 2. The molecular weight excluding hydrogens is 482 g/mol. The van der Waals surface area contributed by atoms with Crippen LogP contribution in [0.2, 0.25) is 0 Å². The van der Waals surface area contributed by atoms with Gasteiger partial charge in [-0.25, -0.2) is 9.78 Å². The zero-order chi connectivity index (χ0) is 27.3. The van der Waals surface area contributed by atoms with Crippen LogP contribution < -0.4 is 5.32 Å². The number of H-pyrrole nitrogens is 1. The van der Waals surface area contributed by atoms with Crippen molar-refractivity contribution >= 4 is 28.9 Å². The van der Waals surface area contributed by atoms with Gasteiger partial charge in [-0.1, -0.05) is 30.3 Å². The summed E-state index contributed by atoms with van der Waals surface area (Å²) in [7, 11) is 1.35. The zero-order valence-corrected chi connectivity index (χ0v) is 22.6. The van der Waals surface area contributed by atoms with Gasteiger partial charge in [0.25, 0.3) is 0 Å². The van der Waals surface area contributed by atoms with Crippen LogP contribution in [0.1, 0.15) is 80.7 Å². The summed E-state index contributed by atoms with van der Waals surface area (Å²) >= 11 is 0. The van der Waals surface area contributed by atoms with Gasteiger partial charge in [0, 0.05) is 12.3 Å². The van der Waals surface area contributed by atoms with E-state index in [-0.39, 0.29) is 29.8 Å². The Kier molecular flexibility index (Phi) is 8.49. The summed E-state index contributed by atoms with van der Waals surface area (Å²) < 4.78 is 10.3. The molecule has 202 valence electrons. The van der Waals surface area contributed by atoms with E-state index < -0.39 is 11.6 Å². The number of nitrogens with zero attached hydrogens (tertiary/aromatic N) is 1. The van der Waals surface area contributed by atoms with Crippen LogP contribution in [-0.4, -0.2) is 40.5 Å². The summed E-state index contributed by atoms with van der Waals surface area (Å²) in [5, 5.41) is 3.23. The number of carbonyl (C=O) groups excluding carboxylic acids is 3. The van der Waals surface area contributed by atoms with Gasteiger partial charge in [-0.2, -0.15) is 0 Å². The fourth-order valence-corrected chi connectivity index (χ4v) is 5.04. The van der Waals surface area contributed by atoms with E-state index >= 15 is 0 Å². The van der Waals surface area contributed by atoms with Crippen LogP contribution in [0.4, 0.5) is 0 Å². The summed E-state index contributed by atoms with van der Waals surface area (Å²) in [6.07, 6.45) is 4.09. The van der Waals surface area contributed by atoms with E-state index in [0.29, 0.717) is 35.3 Å². The van der Waals surface area contributed by atoms with E-state index in [1.165, 1.54) is 7.11 Å². The van der Waals surface area contributed by atoms with Gasteiger partial charge in [0.05, 0.1) is 29.7 Å². The Labute approximate surface area is 223 Å². The molecule has 1 aliphatic carbocycles. The molecule has 38 heavy (non-hydrogen) atoms. The molecule has 0 saturated heterocycles. The van der Waals surface area contributed by atoms with Crippen molar-refractivity contribution in [2.75, 3.05) is 7.11 Å². The van der Waals surface area contributed by atoms with Gasteiger partial charge in [0.2, 0.25) is 5.91 Å². The molecule has 2 N–H and O–H groups in total. The molecule has 1 saturated carbocycles. The number of hydrogen-bond acceptors (Lipinski definition) is 6. The summed E-state index contributed by atoms with van der Waals surface area (Å²) in [6, 6.07) is 14.8. The van der Waals surface area contributed by atoms with Crippen molar-refractivity contribution in [3.63, 3.8) is 0 Å². The lowest BCUT2D eigenvalue weighted by molar-refractivity contribution is -0.156. The predicted molar refractivity (Wildman–Crippen MR) is 144 cm³/mol. The highest BCUT2D eigenvalue weighted by atomic mass is 16.6. The fraction of sp³-hybridized carbons (Fsp3) is 0.467. The molecule has 1 amide bonds. The standard InChI is InChI=1S/C30H37N3O5/c1-30(2,3)38-26(34)17-20-10-12-21(13-11-20)28(35)33-25(16-19-8-6-5-7-9-19)27-31-23-15-14-22(29(36)37-4)18-24(23)32-27/h5-9,14-15,18,20-21,25H,10-13,16-17H2,1-4H3,(H,31,32)(H,33,35). The number of imidazole rings is 1. The van der Waals surface area contributed by atoms with Crippen LogP contribution in [-0.2, 0) is 25.5 Å². The number of benzene rings is 2. The first kappa shape index (κ1) is 27.4. The maximum atomic E-state index is 13.4. The van der Waals surface area contributed by atoms with Crippen molar-refractivity contribution in [3.05, 3.63) is 65.5 Å². The van der Waals surface area contributed by atoms with Crippen molar-refractivity contribution in [2.45, 2.75) is 70.9 Å². The molecule has 4 rings (SSSR count). The van der Waals surface area contributed by atoms with E-state index in [0.717, 1.165) is 31.2 Å². The lowest BCUT2D eigenvalue weighted by atomic mass is 9.80. The minimum absolute atomic E-state index is 0.00245. The first-order valence-electron chi connectivity index (χ1n) is 13.3. The van der Waals surface area contributed by atoms with Crippen LogP contribution in [0.3, 0.4) is 0 Å². The number of aromatic nitrogens is 2. The number of rotatable bonds is 8. The quantitative estimate of drug-likeness (QED) is 0.392. The van der Waals surface area contributed by atoms with Crippen LogP contribution in [0.5, 0.6) is 0 Å². The minimum atomic E-state index is -0.487. The van der Waals surface area contributed by atoms with Gasteiger partial charge in [0.1, 0.15) is 11.4 Å². The Morgan fingerprint density at radius 2 is 1.76 bits per heavy atom. The van der Waals surface area contributed by atoms with Gasteiger partial charge in [-0.3, -0.25) is 9.59 Å². The number of hydrogen-bond donors (Lipinski definition) is 2. The Bertz CT molecular complexity index is 1270. The van der Waals surface area contributed by atoms with Gasteiger partial charge >= 0.3 is 11.9 Å². The Morgan fingerprint density at radius 1 is 1.05 bits per heavy atom. The number of fused-ring (bicyclic) bond motifs is 1. The number of methoxy groups -OCH3 is 1. The number of carbonyl (C=O) groups is 3. The molecule has 1 unspecified atom stereocenters. The minimum Gasteiger partial charge on any atom is -0.465 e. The van der Waals surface area contributed by atoms with Gasteiger partial charge in [0.15, 0.2) is 0 Å². The van der Waals surface area contributed by atoms with Gasteiger partial charge in [-0.15, -0.1) is 0 Å². The van der Waals surface area contributed by atoms with Crippen molar-refractivity contribution in [2.24, 2.45) is 11.8 Å². The third-order valence-electron chi connectivity index (χ3n) is 6.94. The van der Waals surface area contributed by atoms with Crippen LogP contribution in [0.25, 0.3) is 11.0 Å². The van der Waals surface area contributed by atoms with E-state index in [9.17, 15) is 14.4 Å². The SMILES string of the molecule is COC(=O)c1ccc2nc(C(Cc3ccccc3)NC(=O)C3CCC(CC(=O)OC(C)(C)C)CC3)[nH]c2c1. The lowest BCUT2D eigenvalue weighted by Crippen LogP contribution is -2.37. The molecule has 2 aromatic carbocycles. The topological polar surface area (TPSA) is 110 Å². The average molecular weight is 520 g/mol. The second-order valence-electron chi connectivity index (χ2n) is 11.1.